The number of carbonyl (C=O) groups is 1. The second-order valence-corrected chi connectivity index (χ2v) is 6.36. The molecule has 0 aliphatic carbocycles. The van der Waals surface area contributed by atoms with E-state index in [1.165, 1.54) is 0 Å². The van der Waals surface area contributed by atoms with Crippen LogP contribution in [0.5, 0.6) is 0 Å². The summed E-state index contributed by atoms with van der Waals surface area (Å²) in [6.45, 7) is 4.40. The van der Waals surface area contributed by atoms with Crippen molar-refractivity contribution in [2.75, 3.05) is 13.2 Å². The highest BCUT2D eigenvalue weighted by molar-refractivity contribution is 9.10. The quantitative estimate of drug-likeness (QED) is 0.361. The Bertz CT molecular complexity index is 452. The minimum absolute atomic E-state index is 0.0859. The Hall–Kier alpha value is -1.31. The average molecular weight is 325 g/mol. The van der Waals surface area contributed by atoms with Crippen LogP contribution in [0.1, 0.15) is 19.4 Å². The minimum atomic E-state index is -0.668. The van der Waals surface area contributed by atoms with Gasteiger partial charge >= 0.3 is 5.97 Å². The standard InChI is InChI=1S/C15H17BrO3/c1-15(2,16)14(17)19-11-7-6-10-18-12-13-8-4-3-5-9-13/h3-5,8-9H,10-12H2,1-2H3. The molecule has 0 saturated heterocycles. The fraction of sp³-hybridized carbons (Fsp3) is 0.400. The Kier molecular flexibility index (Phi) is 6.61. The van der Waals surface area contributed by atoms with E-state index >= 15 is 0 Å². The molecule has 0 spiro atoms. The number of carbonyl (C=O) groups excluding carboxylic acids is 1. The molecule has 0 fully saturated rings. The fourth-order valence-corrected chi connectivity index (χ4v) is 1.28. The maximum atomic E-state index is 11.4. The Morgan fingerprint density at radius 1 is 1.21 bits per heavy atom. The zero-order valence-corrected chi connectivity index (χ0v) is 12.7. The number of ether oxygens (including phenoxy) is 2. The van der Waals surface area contributed by atoms with E-state index in [4.69, 9.17) is 9.47 Å². The Balaban J connectivity index is 2.14. The summed E-state index contributed by atoms with van der Waals surface area (Å²) in [4.78, 5) is 11.4. The molecule has 0 saturated carbocycles. The van der Waals surface area contributed by atoms with Gasteiger partial charge in [-0.3, -0.25) is 4.79 Å². The number of esters is 1. The molecule has 0 aliphatic heterocycles. The van der Waals surface area contributed by atoms with E-state index in [1.807, 2.05) is 30.3 Å². The molecule has 4 heteroatoms. The molecule has 0 unspecified atom stereocenters. The highest BCUT2D eigenvalue weighted by Crippen LogP contribution is 2.16. The van der Waals surface area contributed by atoms with Crippen molar-refractivity contribution in [2.24, 2.45) is 0 Å². The number of alkyl halides is 1. The fourth-order valence-electron chi connectivity index (χ4n) is 1.17. The maximum Gasteiger partial charge on any atom is 0.323 e. The molecule has 1 rings (SSSR count). The van der Waals surface area contributed by atoms with Crippen molar-refractivity contribution in [3.63, 3.8) is 0 Å². The van der Waals surface area contributed by atoms with Gasteiger partial charge in [0.2, 0.25) is 0 Å². The Labute approximate surface area is 122 Å². The van der Waals surface area contributed by atoms with Crippen molar-refractivity contribution in [3.05, 3.63) is 35.9 Å². The van der Waals surface area contributed by atoms with Gasteiger partial charge in [0.15, 0.2) is 6.61 Å². The summed E-state index contributed by atoms with van der Waals surface area (Å²) in [7, 11) is 0. The molecule has 102 valence electrons. The molecule has 0 N–H and O–H groups in total. The third-order valence-electron chi connectivity index (χ3n) is 2.17. The number of hydrogen-bond donors (Lipinski definition) is 0. The van der Waals surface area contributed by atoms with Gasteiger partial charge in [-0.15, -0.1) is 0 Å². The minimum Gasteiger partial charge on any atom is -0.451 e. The van der Waals surface area contributed by atoms with Crippen LogP contribution in [0, 0.1) is 11.8 Å². The molecule has 0 amide bonds. The normalized spacial score (nSPS) is 10.5. The molecule has 0 radical (unpaired) electrons. The first-order valence-electron chi connectivity index (χ1n) is 5.93. The molecule has 0 aromatic heterocycles. The molecule has 0 aliphatic rings. The van der Waals surface area contributed by atoms with Gasteiger partial charge in [-0.2, -0.15) is 0 Å². The van der Waals surface area contributed by atoms with E-state index in [9.17, 15) is 4.79 Å². The largest absolute Gasteiger partial charge is 0.451 e. The highest BCUT2D eigenvalue weighted by Gasteiger charge is 2.24. The van der Waals surface area contributed by atoms with Gasteiger partial charge in [0.05, 0.1) is 6.61 Å². The Morgan fingerprint density at radius 3 is 2.47 bits per heavy atom. The van der Waals surface area contributed by atoms with Gasteiger partial charge in [-0.05, 0) is 19.4 Å². The van der Waals surface area contributed by atoms with Gasteiger partial charge in [0, 0.05) is 0 Å². The number of benzene rings is 1. The third kappa shape index (κ3) is 7.00. The van der Waals surface area contributed by atoms with Crippen molar-refractivity contribution in [1.82, 2.24) is 0 Å². The number of rotatable bonds is 5. The first-order valence-corrected chi connectivity index (χ1v) is 6.73. The smallest absolute Gasteiger partial charge is 0.323 e. The van der Waals surface area contributed by atoms with Crippen LogP contribution in [-0.4, -0.2) is 23.5 Å². The second-order valence-electron chi connectivity index (χ2n) is 4.38. The van der Waals surface area contributed by atoms with Gasteiger partial charge in [0.1, 0.15) is 10.9 Å². The van der Waals surface area contributed by atoms with Gasteiger partial charge in [-0.1, -0.05) is 58.1 Å². The first-order chi connectivity index (χ1) is 9.00. The zero-order valence-electron chi connectivity index (χ0n) is 11.1. The van der Waals surface area contributed by atoms with E-state index < -0.39 is 4.32 Å². The van der Waals surface area contributed by atoms with Crippen LogP contribution >= 0.6 is 15.9 Å². The van der Waals surface area contributed by atoms with E-state index in [0.29, 0.717) is 13.2 Å². The van der Waals surface area contributed by atoms with E-state index in [-0.39, 0.29) is 12.6 Å². The molecule has 19 heavy (non-hydrogen) atoms. The van der Waals surface area contributed by atoms with Crippen LogP contribution in [0.3, 0.4) is 0 Å². The van der Waals surface area contributed by atoms with Crippen molar-refractivity contribution in [1.29, 1.82) is 0 Å². The molecule has 0 heterocycles. The van der Waals surface area contributed by atoms with Gasteiger partial charge < -0.3 is 9.47 Å². The number of hydrogen-bond acceptors (Lipinski definition) is 3. The summed E-state index contributed by atoms with van der Waals surface area (Å²) in [5, 5.41) is 0. The van der Waals surface area contributed by atoms with E-state index in [0.717, 1.165) is 5.56 Å². The Morgan fingerprint density at radius 2 is 1.84 bits per heavy atom. The van der Waals surface area contributed by atoms with Gasteiger partial charge in [-0.25, -0.2) is 0 Å². The summed E-state index contributed by atoms with van der Waals surface area (Å²) in [5.41, 5.74) is 1.11. The third-order valence-corrected chi connectivity index (χ3v) is 2.50. The summed E-state index contributed by atoms with van der Waals surface area (Å²) >= 11 is 3.22. The lowest BCUT2D eigenvalue weighted by Crippen LogP contribution is -2.26. The lowest BCUT2D eigenvalue weighted by Gasteiger charge is -2.12. The molecule has 0 bridgehead atoms. The van der Waals surface area contributed by atoms with Crippen LogP contribution in [0.25, 0.3) is 0 Å². The van der Waals surface area contributed by atoms with Gasteiger partial charge in [0.25, 0.3) is 0 Å². The van der Waals surface area contributed by atoms with Crippen molar-refractivity contribution in [3.8, 4) is 11.8 Å². The SMILES string of the molecule is CC(C)(Br)C(=O)OCC#CCOCc1ccccc1. The summed E-state index contributed by atoms with van der Waals surface area (Å²) in [6.07, 6.45) is 0. The van der Waals surface area contributed by atoms with Crippen LogP contribution in [0.2, 0.25) is 0 Å². The highest BCUT2D eigenvalue weighted by atomic mass is 79.9. The molecular weight excluding hydrogens is 308 g/mol. The molecule has 0 atom stereocenters. The van der Waals surface area contributed by atoms with Crippen LogP contribution in [0.15, 0.2) is 30.3 Å². The summed E-state index contributed by atoms with van der Waals surface area (Å²) < 4.78 is 9.66. The molecule has 1 aromatic carbocycles. The predicted octanol–water partition coefficient (Wildman–Crippen LogP) is 2.92. The molecular formula is C15H17BrO3. The van der Waals surface area contributed by atoms with Crippen LogP contribution in [0.4, 0.5) is 0 Å². The average Bonchev–Trinajstić information content (AvgIpc) is 2.37. The number of halogens is 1. The second kappa shape index (κ2) is 7.98. The van der Waals surface area contributed by atoms with Crippen molar-refractivity contribution < 1.29 is 14.3 Å². The maximum absolute atomic E-state index is 11.4. The first kappa shape index (κ1) is 15.7. The molecule has 1 aromatic rings. The zero-order chi connectivity index (χ0) is 14.1. The van der Waals surface area contributed by atoms with Crippen molar-refractivity contribution >= 4 is 21.9 Å². The monoisotopic (exact) mass is 324 g/mol. The van der Waals surface area contributed by atoms with Crippen molar-refractivity contribution in [2.45, 2.75) is 24.8 Å². The lowest BCUT2D eigenvalue weighted by molar-refractivity contribution is -0.143. The summed E-state index contributed by atoms with van der Waals surface area (Å²) in [5.74, 6) is 5.21. The van der Waals surface area contributed by atoms with Crippen LogP contribution in [-0.2, 0) is 20.9 Å². The predicted molar refractivity (Wildman–Crippen MR) is 77.8 cm³/mol. The van der Waals surface area contributed by atoms with Crippen LogP contribution < -0.4 is 0 Å². The van der Waals surface area contributed by atoms with E-state index in [2.05, 4.69) is 27.8 Å². The van der Waals surface area contributed by atoms with E-state index in [1.54, 1.807) is 13.8 Å². The topological polar surface area (TPSA) is 35.5 Å². The lowest BCUT2D eigenvalue weighted by atomic mass is 10.2. The summed E-state index contributed by atoms with van der Waals surface area (Å²) in [6, 6.07) is 9.88. The molecule has 3 nitrogen and oxygen atoms in total.